The molecule has 0 bridgehead atoms. The standard InChI is InChI=1S/C16H21ClN2O/c1-2-3-4-5-6-7-8-16(20)19-15-11-14(17)10-9-13(15)12-18/h9-11H,2-8H2,1H3,(H,19,20). The van der Waals surface area contributed by atoms with E-state index in [2.05, 4.69) is 12.2 Å². The zero-order valence-electron chi connectivity index (χ0n) is 11.9. The van der Waals surface area contributed by atoms with Gasteiger partial charge in [0.25, 0.3) is 0 Å². The molecule has 3 nitrogen and oxygen atoms in total. The number of rotatable bonds is 8. The van der Waals surface area contributed by atoms with Crippen LogP contribution < -0.4 is 5.32 Å². The molecule has 108 valence electrons. The van der Waals surface area contributed by atoms with E-state index in [1.54, 1.807) is 18.2 Å². The number of unbranched alkanes of at least 4 members (excludes halogenated alkanes) is 5. The second-order valence-corrected chi connectivity index (χ2v) is 5.30. The van der Waals surface area contributed by atoms with Gasteiger partial charge in [-0.3, -0.25) is 4.79 Å². The van der Waals surface area contributed by atoms with Gasteiger partial charge in [0, 0.05) is 11.4 Å². The number of nitrogens with one attached hydrogen (secondary N) is 1. The average Bonchev–Trinajstić information content (AvgIpc) is 2.43. The van der Waals surface area contributed by atoms with Gasteiger partial charge in [-0.25, -0.2) is 0 Å². The van der Waals surface area contributed by atoms with Gasteiger partial charge in [-0.05, 0) is 24.6 Å². The van der Waals surface area contributed by atoms with Gasteiger partial charge < -0.3 is 5.32 Å². The molecule has 0 aromatic heterocycles. The Morgan fingerprint density at radius 3 is 2.65 bits per heavy atom. The fourth-order valence-corrected chi connectivity index (χ4v) is 2.17. The summed E-state index contributed by atoms with van der Waals surface area (Å²) in [6, 6.07) is 6.91. The molecule has 0 saturated heterocycles. The van der Waals surface area contributed by atoms with Crippen LogP contribution in [0.2, 0.25) is 5.02 Å². The molecular formula is C16H21ClN2O. The van der Waals surface area contributed by atoms with Crippen molar-refractivity contribution in [1.29, 1.82) is 5.26 Å². The van der Waals surface area contributed by atoms with Crippen LogP contribution in [0.5, 0.6) is 0 Å². The van der Waals surface area contributed by atoms with Crippen molar-refractivity contribution in [2.75, 3.05) is 5.32 Å². The van der Waals surface area contributed by atoms with Crippen molar-refractivity contribution < 1.29 is 4.79 Å². The van der Waals surface area contributed by atoms with E-state index in [1.807, 2.05) is 6.07 Å². The number of nitrogens with zero attached hydrogens (tertiary/aromatic N) is 1. The van der Waals surface area contributed by atoms with E-state index < -0.39 is 0 Å². The van der Waals surface area contributed by atoms with Crippen LogP contribution in [0.3, 0.4) is 0 Å². The number of amides is 1. The Labute approximate surface area is 125 Å². The summed E-state index contributed by atoms with van der Waals surface area (Å²) in [5.74, 6) is -0.0562. The zero-order chi connectivity index (χ0) is 14.8. The molecule has 0 atom stereocenters. The lowest BCUT2D eigenvalue weighted by molar-refractivity contribution is -0.116. The van der Waals surface area contributed by atoms with Gasteiger partial charge in [-0.15, -0.1) is 0 Å². The predicted octanol–water partition coefficient (Wildman–Crippen LogP) is 4.90. The molecular weight excluding hydrogens is 272 g/mol. The Morgan fingerprint density at radius 2 is 1.95 bits per heavy atom. The monoisotopic (exact) mass is 292 g/mol. The number of benzene rings is 1. The molecule has 1 N–H and O–H groups in total. The van der Waals surface area contributed by atoms with Gasteiger partial charge in [0.2, 0.25) is 5.91 Å². The lowest BCUT2D eigenvalue weighted by Gasteiger charge is -2.07. The van der Waals surface area contributed by atoms with E-state index in [1.165, 1.54) is 25.7 Å². The lowest BCUT2D eigenvalue weighted by Crippen LogP contribution is -2.12. The number of nitriles is 1. The first-order valence-electron chi connectivity index (χ1n) is 7.17. The summed E-state index contributed by atoms with van der Waals surface area (Å²) in [7, 11) is 0. The minimum Gasteiger partial charge on any atom is -0.325 e. The molecule has 0 saturated carbocycles. The third kappa shape index (κ3) is 6.08. The van der Waals surface area contributed by atoms with Crippen LogP contribution in [0, 0.1) is 11.3 Å². The van der Waals surface area contributed by atoms with Crippen LogP contribution >= 0.6 is 11.6 Å². The molecule has 0 heterocycles. The molecule has 0 spiro atoms. The SMILES string of the molecule is CCCCCCCCC(=O)Nc1cc(Cl)ccc1C#N. The summed E-state index contributed by atoms with van der Waals surface area (Å²) >= 11 is 5.87. The largest absolute Gasteiger partial charge is 0.325 e. The second-order valence-electron chi connectivity index (χ2n) is 4.87. The van der Waals surface area contributed by atoms with Crippen molar-refractivity contribution in [2.45, 2.75) is 51.9 Å². The van der Waals surface area contributed by atoms with E-state index in [0.29, 0.717) is 22.7 Å². The smallest absolute Gasteiger partial charge is 0.224 e. The van der Waals surface area contributed by atoms with E-state index in [-0.39, 0.29) is 5.91 Å². The third-order valence-corrected chi connectivity index (χ3v) is 3.37. The Kier molecular flexibility index (Phi) is 7.75. The lowest BCUT2D eigenvalue weighted by atomic mass is 10.1. The van der Waals surface area contributed by atoms with Crippen LogP contribution in [0.1, 0.15) is 57.4 Å². The minimum absolute atomic E-state index is 0.0562. The first kappa shape index (κ1) is 16.5. The maximum atomic E-state index is 11.8. The summed E-state index contributed by atoms with van der Waals surface area (Å²) in [6.45, 7) is 2.19. The van der Waals surface area contributed by atoms with Crippen molar-refractivity contribution >= 4 is 23.2 Å². The zero-order valence-corrected chi connectivity index (χ0v) is 12.7. The van der Waals surface area contributed by atoms with Crippen LogP contribution in [0.4, 0.5) is 5.69 Å². The van der Waals surface area contributed by atoms with Crippen molar-refractivity contribution in [2.24, 2.45) is 0 Å². The minimum atomic E-state index is -0.0562. The molecule has 0 fully saturated rings. The number of carbonyl (C=O) groups is 1. The van der Waals surface area contributed by atoms with Gasteiger partial charge >= 0.3 is 0 Å². The van der Waals surface area contributed by atoms with Crippen molar-refractivity contribution in [3.63, 3.8) is 0 Å². The fourth-order valence-electron chi connectivity index (χ4n) is 2.00. The molecule has 1 aromatic carbocycles. The second kappa shape index (κ2) is 9.39. The quantitative estimate of drug-likeness (QED) is 0.693. The highest BCUT2D eigenvalue weighted by Crippen LogP contribution is 2.20. The molecule has 4 heteroatoms. The number of halogens is 1. The van der Waals surface area contributed by atoms with Crippen molar-refractivity contribution in [3.05, 3.63) is 28.8 Å². The maximum Gasteiger partial charge on any atom is 0.224 e. The van der Waals surface area contributed by atoms with Crippen LogP contribution in [-0.2, 0) is 4.79 Å². The first-order chi connectivity index (χ1) is 9.67. The fraction of sp³-hybridized carbons (Fsp3) is 0.500. The summed E-state index contributed by atoms with van der Waals surface area (Å²) in [5.41, 5.74) is 0.932. The van der Waals surface area contributed by atoms with Gasteiger partial charge in [0.1, 0.15) is 6.07 Å². The summed E-state index contributed by atoms with van der Waals surface area (Å²) < 4.78 is 0. The maximum absolute atomic E-state index is 11.8. The van der Waals surface area contributed by atoms with E-state index in [4.69, 9.17) is 16.9 Å². The van der Waals surface area contributed by atoms with Crippen molar-refractivity contribution in [3.8, 4) is 6.07 Å². The molecule has 0 unspecified atom stereocenters. The molecule has 20 heavy (non-hydrogen) atoms. The normalized spacial score (nSPS) is 10.1. The van der Waals surface area contributed by atoms with Gasteiger partial charge in [-0.2, -0.15) is 5.26 Å². The Morgan fingerprint density at radius 1 is 1.25 bits per heavy atom. The third-order valence-electron chi connectivity index (χ3n) is 3.13. The van der Waals surface area contributed by atoms with Crippen molar-refractivity contribution in [1.82, 2.24) is 0 Å². The molecule has 0 radical (unpaired) electrons. The summed E-state index contributed by atoms with van der Waals surface area (Å²) in [5, 5.41) is 12.2. The molecule has 1 rings (SSSR count). The predicted molar refractivity (Wildman–Crippen MR) is 82.8 cm³/mol. The number of hydrogen-bond donors (Lipinski definition) is 1. The molecule has 1 aromatic rings. The topological polar surface area (TPSA) is 52.9 Å². The summed E-state index contributed by atoms with van der Waals surface area (Å²) in [4.78, 5) is 11.8. The Bertz CT molecular complexity index is 480. The first-order valence-corrected chi connectivity index (χ1v) is 7.54. The molecule has 0 aliphatic rings. The van der Waals surface area contributed by atoms with Crippen LogP contribution in [-0.4, -0.2) is 5.91 Å². The van der Waals surface area contributed by atoms with Gasteiger partial charge in [-0.1, -0.05) is 50.6 Å². The van der Waals surface area contributed by atoms with E-state index >= 15 is 0 Å². The van der Waals surface area contributed by atoms with Crippen LogP contribution in [0.15, 0.2) is 18.2 Å². The highest BCUT2D eigenvalue weighted by atomic mass is 35.5. The average molecular weight is 293 g/mol. The van der Waals surface area contributed by atoms with Gasteiger partial charge in [0.05, 0.1) is 11.3 Å². The van der Waals surface area contributed by atoms with Crippen LogP contribution in [0.25, 0.3) is 0 Å². The Hall–Kier alpha value is -1.53. The number of hydrogen-bond acceptors (Lipinski definition) is 2. The van der Waals surface area contributed by atoms with E-state index in [9.17, 15) is 4.79 Å². The number of anilines is 1. The highest BCUT2D eigenvalue weighted by molar-refractivity contribution is 6.31. The summed E-state index contributed by atoms with van der Waals surface area (Å²) in [6.07, 6.45) is 7.37. The highest BCUT2D eigenvalue weighted by Gasteiger charge is 2.07. The van der Waals surface area contributed by atoms with Gasteiger partial charge in [0.15, 0.2) is 0 Å². The molecule has 0 aliphatic carbocycles. The molecule has 0 aliphatic heterocycles. The number of carbonyl (C=O) groups excluding carboxylic acids is 1. The van der Waals surface area contributed by atoms with E-state index in [0.717, 1.165) is 12.8 Å². The Balaban J connectivity index is 2.36. The molecule has 1 amide bonds.